The van der Waals surface area contributed by atoms with Crippen LogP contribution >= 0.6 is 0 Å². The molecule has 3 heterocycles. The number of phenols is 1. The molecule has 5 aromatic carbocycles. The normalized spacial score (nSPS) is 11.3. The van der Waals surface area contributed by atoms with Crippen molar-refractivity contribution < 1.29 is 5.11 Å². The number of hydrogen-bond donors (Lipinski definition) is 1. The maximum Gasteiger partial charge on any atom is 0.137 e. The predicted octanol–water partition coefficient (Wildman–Crippen LogP) is 10.2. The lowest BCUT2D eigenvalue weighted by Crippen LogP contribution is -1.95. The van der Waals surface area contributed by atoms with E-state index in [2.05, 4.69) is 115 Å². The van der Waals surface area contributed by atoms with E-state index in [0.717, 1.165) is 67.0 Å². The second kappa shape index (κ2) is 10.9. The van der Waals surface area contributed by atoms with Crippen LogP contribution in [0.1, 0.15) is 5.56 Å². The van der Waals surface area contributed by atoms with Gasteiger partial charge in [0.25, 0.3) is 0 Å². The Labute approximate surface area is 261 Å². The summed E-state index contributed by atoms with van der Waals surface area (Å²) in [5.41, 5.74) is 11.6. The SMILES string of the molecule is Cc1ccccc1-c1cc(-c2ccccc2O)nc(-c2cc(-c3nc4ccccn4c3-c3ccccc3)cc3ccccc23)c1. The van der Waals surface area contributed by atoms with Crippen LogP contribution in [0.2, 0.25) is 0 Å². The van der Waals surface area contributed by atoms with Crippen molar-refractivity contribution in [1.82, 2.24) is 14.4 Å². The summed E-state index contributed by atoms with van der Waals surface area (Å²) in [6.45, 7) is 2.12. The zero-order valence-electron chi connectivity index (χ0n) is 24.7. The van der Waals surface area contributed by atoms with Crippen molar-refractivity contribution >= 4 is 16.4 Å². The standard InChI is InChI=1S/C41H29N3O/c1-27-13-5-7-17-32(27)30-25-36(34-19-9-10-20-38(34)45)42-37(26-30)35-24-31(23-29-16-6-8-18-33(29)35)40-41(28-14-3-2-4-15-28)44-22-12-11-21-39(44)43-40/h2-26,45H,1H3. The summed E-state index contributed by atoms with van der Waals surface area (Å²) in [5, 5.41) is 13.1. The summed E-state index contributed by atoms with van der Waals surface area (Å²) in [6.07, 6.45) is 2.07. The minimum Gasteiger partial charge on any atom is -0.507 e. The molecule has 0 aliphatic rings. The van der Waals surface area contributed by atoms with Crippen LogP contribution in [0, 0.1) is 6.92 Å². The molecular weight excluding hydrogens is 550 g/mol. The van der Waals surface area contributed by atoms with Gasteiger partial charge in [-0.25, -0.2) is 9.97 Å². The van der Waals surface area contributed by atoms with E-state index in [-0.39, 0.29) is 5.75 Å². The van der Waals surface area contributed by atoms with Crippen molar-refractivity contribution in [2.45, 2.75) is 6.92 Å². The highest BCUT2D eigenvalue weighted by atomic mass is 16.3. The van der Waals surface area contributed by atoms with Crippen molar-refractivity contribution in [3.63, 3.8) is 0 Å². The van der Waals surface area contributed by atoms with Crippen LogP contribution in [-0.4, -0.2) is 19.5 Å². The number of fused-ring (bicyclic) bond motifs is 2. The molecule has 0 fully saturated rings. The number of para-hydroxylation sites is 1. The highest BCUT2D eigenvalue weighted by Crippen LogP contribution is 2.40. The molecular formula is C41H29N3O. The molecule has 0 saturated carbocycles. The van der Waals surface area contributed by atoms with Crippen LogP contribution in [0.15, 0.2) is 152 Å². The average Bonchev–Trinajstić information content (AvgIpc) is 3.48. The summed E-state index contributed by atoms with van der Waals surface area (Å²) in [7, 11) is 0. The van der Waals surface area contributed by atoms with Gasteiger partial charge in [0.05, 0.1) is 22.8 Å². The third kappa shape index (κ3) is 4.73. The molecule has 45 heavy (non-hydrogen) atoms. The molecule has 0 unspecified atom stereocenters. The third-order valence-electron chi connectivity index (χ3n) is 8.45. The molecule has 0 bridgehead atoms. The number of nitrogens with zero attached hydrogens (tertiary/aromatic N) is 3. The molecule has 214 valence electrons. The second-order valence-corrected chi connectivity index (χ2v) is 11.3. The number of pyridine rings is 2. The van der Waals surface area contributed by atoms with Crippen LogP contribution < -0.4 is 0 Å². The van der Waals surface area contributed by atoms with Crippen molar-refractivity contribution in [3.8, 4) is 61.9 Å². The summed E-state index contributed by atoms with van der Waals surface area (Å²) >= 11 is 0. The first-order chi connectivity index (χ1) is 22.1. The van der Waals surface area contributed by atoms with Gasteiger partial charge in [-0.1, -0.05) is 97.1 Å². The van der Waals surface area contributed by atoms with Crippen molar-refractivity contribution in [3.05, 3.63) is 157 Å². The van der Waals surface area contributed by atoms with Gasteiger partial charge in [-0.2, -0.15) is 0 Å². The summed E-state index contributed by atoms with van der Waals surface area (Å²) in [6, 6.07) is 49.4. The number of hydrogen-bond acceptors (Lipinski definition) is 3. The lowest BCUT2D eigenvalue weighted by molar-refractivity contribution is 0.477. The average molecular weight is 580 g/mol. The number of phenolic OH excluding ortho intramolecular Hbond substituents is 1. The Morgan fingerprint density at radius 3 is 2.04 bits per heavy atom. The third-order valence-corrected chi connectivity index (χ3v) is 8.45. The molecule has 0 saturated heterocycles. The first kappa shape index (κ1) is 26.6. The topological polar surface area (TPSA) is 50.4 Å². The fourth-order valence-corrected chi connectivity index (χ4v) is 6.28. The van der Waals surface area contributed by atoms with E-state index in [4.69, 9.17) is 9.97 Å². The van der Waals surface area contributed by atoms with Crippen LogP contribution in [0.3, 0.4) is 0 Å². The molecule has 3 aromatic heterocycles. The Bertz CT molecular complexity index is 2290. The molecule has 0 atom stereocenters. The van der Waals surface area contributed by atoms with Gasteiger partial charge in [-0.3, -0.25) is 4.40 Å². The van der Waals surface area contributed by atoms with E-state index >= 15 is 0 Å². The first-order valence-corrected chi connectivity index (χ1v) is 15.1. The van der Waals surface area contributed by atoms with Gasteiger partial charge < -0.3 is 5.11 Å². The quantitative estimate of drug-likeness (QED) is 0.221. The Morgan fingerprint density at radius 2 is 1.22 bits per heavy atom. The molecule has 4 nitrogen and oxygen atoms in total. The monoisotopic (exact) mass is 579 g/mol. The van der Waals surface area contributed by atoms with Gasteiger partial charge in [0.1, 0.15) is 11.4 Å². The molecule has 8 rings (SSSR count). The van der Waals surface area contributed by atoms with E-state index in [0.29, 0.717) is 5.56 Å². The highest BCUT2D eigenvalue weighted by molar-refractivity contribution is 6.01. The molecule has 1 N–H and O–H groups in total. The predicted molar refractivity (Wildman–Crippen MR) is 184 cm³/mol. The Balaban J connectivity index is 1.42. The van der Waals surface area contributed by atoms with Gasteiger partial charge >= 0.3 is 0 Å². The van der Waals surface area contributed by atoms with Crippen molar-refractivity contribution in [1.29, 1.82) is 0 Å². The number of benzene rings is 5. The number of aromatic hydroxyl groups is 1. The molecule has 0 aliphatic heterocycles. The fraction of sp³-hybridized carbons (Fsp3) is 0.0244. The maximum absolute atomic E-state index is 10.9. The van der Waals surface area contributed by atoms with Gasteiger partial charge in [-0.15, -0.1) is 0 Å². The van der Waals surface area contributed by atoms with Gasteiger partial charge in [-0.05, 0) is 82.9 Å². The van der Waals surface area contributed by atoms with Gasteiger partial charge in [0.2, 0.25) is 0 Å². The van der Waals surface area contributed by atoms with E-state index < -0.39 is 0 Å². The largest absolute Gasteiger partial charge is 0.507 e. The van der Waals surface area contributed by atoms with Gasteiger partial charge in [0.15, 0.2) is 0 Å². The lowest BCUT2D eigenvalue weighted by Gasteiger charge is -2.15. The summed E-state index contributed by atoms with van der Waals surface area (Å²) in [5.74, 6) is 0.202. The second-order valence-electron chi connectivity index (χ2n) is 11.3. The van der Waals surface area contributed by atoms with Crippen molar-refractivity contribution in [2.75, 3.05) is 0 Å². The molecule has 4 heteroatoms. The molecule has 0 aliphatic carbocycles. The van der Waals surface area contributed by atoms with Crippen LogP contribution in [0.5, 0.6) is 5.75 Å². The highest BCUT2D eigenvalue weighted by Gasteiger charge is 2.19. The van der Waals surface area contributed by atoms with E-state index in [1.165, 1.54) is 5.56 Å². The Morgan fingerprint density at radius 1 is 0.533 bits per heavy atom. The van der Waals surface area contributed by atoms with Crippen LogP contribution in [0.25, 0.3) is 72.6 Å². The molecule has 0 amide bonds. The first-order valence-electron chi connectivity index (χ1n) is 15.1. The van der Waals surface area contributed by atoms with E-state index in [1.54, 1.807) is 6.07 Å². The number of aromatic nitrogens is 3. The Kier molecular flexibility index (Phi) is 6.46. The summed E-state index contributed by atoms with van der Waals surface area (Å²) in [4.78, 5) is 10.4. The van der Waals surface area contributed by atoms with Gasteiger partial charge in [0, 0.05) is 28.5 Å². The van der Waals surface area contributed by atoms with Crippen LogP contribution in [-0.2, 0) is 0 Å². The molecule has 0 spiro atoms. The Hall–Kier alpha value is -6.00. The lowest BCUT2D eigenvalue weighted by atomic mass is 9.93. The molecule has 8 aromatic rings. The van der Waals surface area contributed by atoms with Crippen LogP contribution in [0.4, 0.5) is 0 Å². The molecule has 0 radical (unpaired) electrons. The number of aryl methyl sites for hydroxylation is 1. The van der Waals surface area contributed by atoms with Crippen molar-refractivity contribution in [2.24, 2.45) is 0 Å². The number of rotatable bonds is 5. The van der Waals surface area contributed by atoms with E-state index in [9.17, 15) is 5.11 Å². The minimum absolute atomic E-state index is 0.202. The minimum atomic E-state index is 0.202. The fourth-order valence-electron chi connectivity index (χ4n) is 6.28. The maximum atomic E-state index is 10.9. The van der Waals surface area contributed by atoms with E-state index in [1.807, 2.05) is 42.5 Å². The smallest absolute Gasteiger partial charge is 0.137 e. The zero-order chi connectivity index (χ0) is 30.3. The zero-order valence-corrected chi connectivity index (χ0v) is 24.7. The number of imidazole rings is 1. The summed E-state index contributed by atoms with van der Waals surface area (Å²) < 4.78 is 2.16.